The number of phenols is 1. The van der Waals surface area contributed by atoms with Crippen molar-refractivity contribution >= 4 is 10.1 Å². The van der Waals surface area contributed by atoms with Crippen LogP contribution >= 0.6 is 0 Å². The lowest BCUT2D eigenvalue weighted by molar-refractivity contribution is 0.404. The van der Waals surface area contributed by atoms with Crippen molar-refractivity contribution in [2.24, 2.45) is 0 Å². The summed E-state index contributed by atoms with van der Waals surface area (Å²) < 4.78 is 38.4. The fourth-order valence-corrected chi connectivity index (χ4v) is 4.23. The Bertz CT molecular complexity index is 878. The molecule has 0 amide bonds. The monoisotopic (exact) mass is 448 g/mol. The van der Waals surface area contributed by atoms with Crippen LogP contribution in [0.1, 0.15) is 83.1 Å². The molecule has 0 radical (unpaired) electrons. The molecule has 2 aromatic rings. The van der Waals surface area contributed by atoms with Crippen LogP contribution in [0.3, 0.4) is 0 Å². The zero-order valence-electron chi connectivity index (χ0n) is 18.6. The average molecular weight is 449 g/mol. The van der Waals surface area contributed by atoms with Crippen molar-refractivity contribution in [1.82, 2.24) is 0 Å². The molecular weight excluding hydrogens is 412 g/mol. The zero-order valence-corrected chi connectivity index (χ0v) is 19.4. The van der Waals surface area contributed by atoms with E-state index in [9.17, 15) is 18.1 Å². The minimum absolute atomic E-state index is 0.241. The lowest BCUT2D eigenvalue weighted by Crippen LogP contribution is -2.01. The van der Waals surface area contributed by atoms with Gasteiger partial charge in [-0.15, -0.1) is 0 Å². The Morgan fingerprint density at radius 3 is 1.90 bits per heavy atom. The molecule has 2 rings (SSSR count). The van der Waals surface area contributed by atoms with Crippen molar-refractivity contribution in [1.29, 1.82) is 0 Å². The van der Waals surface area contributed by atoms with E-state index in [0.717, 1.165) is 25.3 Å². The Balaban J connectivity index is 1.89. The van der Waals surface area contributed by atoms with Crippen LogP contribution in [0, 0.1) is 0 Å². The van der Waals surface area contributed by atoms with E-state index in [4.69, 9.17) is 4.74 Å². The number of aryl methyl sites for hydroxylation is 1. The molecule has 0 saturated heterocycles. The number of rotatable bonds is 15. The SMILES string of the molecule is CCCCCCCCCCCCCc1cc(S(=O)(=O)O)cc(O)c1Oc1ccccc1. The molecule has 0 heterocycles. The van der Waals surface area contributed by atoms with Gasteiger partial charge in [0.2, 0.25) is 0 Å². The van der Waals surface area contributed by atoms with E-state index < -0.39 is 10.1 Å². The lowest BCUT2D eigenvalue weighted by atomic mass is 10.0. The third-order valence-electron chi connectivity index (χ3n) is 5.43. The number of benzene rings is 2. The number of hydrogen-bond acceptors (Lipinski definition) is 4. The normalized spacial score (nSPS) is 11.5. The van der Waals surface area contributed by atoms with Gasteiger partial charge < -0.3 is 9.84 Å². The second kappa shape index (κ2) is 13.4. The smallest absolute Gasteiger partial charge is 0.294 e. The Morgan fingerprint density at radius 1 is 0.806 bits per heavy atom. The first kappa shape index (κ1) is 25.2. The molecule has 0 spiro atoms. The summed E-state index contributed by atoms with van der Waals surface area (Å²) in [7, 11) is -4.41. The molecule has 2 N–H and O–H groups in total. The lowest BCUT2D eigenvalue weighted by Gasteiger charge is -2.14. The molecule has 2 aromatic carbocycles. The highest BCUT2D eigenvalue weighted by atomic mass is 32.2. The van der Waals surface area contributed by atoms with Crippen LogP contribution in [0.2, 0.25) is 0 Å². The number of hydrogen-bond donors (Lipinski definition) is 2. The molecule has 0 aliphatic carbocycles. The minimum Gasteiger partial charge on any atom is -0.504 e. The summed E-state index contributed by atoms with van der Waals surface area (Å²) in [5.41, 5.74) is 0.576. The van der Waals surface area contributed by atoms with Gasteiger partial charge in [-0.25, -0.2) is 0 Å². The van der Waals surface area contributed by atoms with Crippen LogP contribution in [0.15, 0.2) is 47.4 Å². The van der Waals surface area contributed by atoms with Gasteiger partial charge in [0, 0.05) is 11.6 Å². The van der Waals surface area contributed by atoms with E-state index in [1.165, 1.54) is 57.4 Å². The summed E-state index contributed by atoms with van der Waals surface area (Å²) in [6.07, 6.45) is 14.0. The highest BCUT2D eigenvalue weighted by Gasteiger charge is 2.18. The van der Waals surface area contributed by atoms with Crippen LogP contribution < -0.4 is 4.74 Å². The fourth-order valence-electron chi connectivity index (χ4n) is 3.68. The van der Waals surface area contributed by atoms with Gasteiger partial charge in [0.1, 0.15) is 5.75 Å². The van der Waals surface area contributed by atoms with Crippen LogP contribution in [-0.4, -0.2) is 18.1 Å². The van der Waals surface area contributed by atoms with Crippen molar-refractivity contribution in [2.45, 2.75) is 88.9 Å². The highest BCUT2D eigenvalue weighted by molar-refractivity contribution is 7.85. The summed E-state index contributed by atoms with van der Waals surface area (Å²) in [6.45, 7) is 2.23. The maximum atomic E-state index is 11.6. The molecular formula is C25H36O5S. The summed E-state index contributed by atoms with van der Waals surface area (Å²) in [6, 6.07) is 11.5. The van der Waals surface area contributed by atoms with Crippen LogP contribution in [-0.2, 0) is 16.5 Å². The maximum absolute atomic E-state index is 11.6. The summed E-state index contributed by atoms with van der Waals surface area (Å²) in [4.78, 5) is -0.316. The average Bonchev–Trinajstić information content (AvgIpc) is 2.74. The molecule has 5 nitrogen and oxygen atoms in total. The second-order valence-corrected chi connectivity index (χ2v) is 9.53. The largest absolute Gasteiger partial charge is 0.504 e. The van der Waals surface area contributed by atoms with Gasteiger partial charge in [0.25, 0.3) is 10.1 Å². The molecule has 0 unspecified atom stereocenters. The number of aromatic hydroxyl groups is 1. The molecule has 0 fully saturated rings. The van der Waals surface area contributed by atoms with Crippen LogP contribution in [0.4, 0.5) is 0 Å². The summed E-state index contributed by atoms with van der Waals surface area (Å²) in [5.74, 6) is 0.500. The van der Waals surface area contributed by atoms with E-state index in [0.29, 0.717) is 17.7 Å². The standard InChI is InChI=1S/C25H36O5S/c1-2-3-4-5-6-7-8-9-10-11-13-16-21-19-23(31(27,28)29)20-24(26)25(21)30-22-17-14-12-15-18-22/h12,14-15,17-20,26H,2-11,13,16H2,1H3,(H,27,28,29). The molecule has 0 bridgehead atoms. The fraction of sp³-hybridized carbons (Fsp3) is 0.520. The first-order valence-electron chi connectivity index (χ1n) is 11.5. The first-order chi connectivity index (χ1) is 14.9. The maximum Gasteiger partial charge on any atom is 0.294 e. The molecule has 31 heavy (non-hydrogen) atoms. The Hall–Kier alpha value is -2.05. The topological polar surface area (TPSA) is 83.8 Å². The minimum atomic E-state index is -4.41. The number of ether oxygens (including phenoxy) is 1. The summed E-state index contributed by atoms with van der Waals surface area (Å²) in [5, 5.41) is 10.4. The highest BCUT2D eigenvalue weighted by Crippen LogP contribution is 2.37. The number of unbranched alkanes of at least 4 members (excludes halogenated alkanes) is 10. The predicted octanol–water partition coefficient (Wildman–Crippen LogP) is 7.28. The van der Waals surface area contributed by atoms with Crippen molar-refractivity contribution in [3.05, 3.63) is 48.0 Å². The third kappa shape index (κ3) is 9.32. The van der Waals surface area contributed by atoms with Gasteiger partial charge in [0.15, 0.2) is 11.5 Å². The quantitative estimate of drug-likeness (QED) is 0.221. The van der Waals surface area contributed by atoms with E-state index in [1.807, 2.05) is 18.2 Å². The second-order valence-electron chi connectivity index (χ2n) is 8.11. The molecule has 172 valence electrons. The summed E-state index contributed by atoms with van der Waals surface area (Å²) >= 11 is 0. The Labute approximate surface area is 187 Å². The molecule has 0 atom stereocenters. The predicted molar refractivity (Wildman–Crippen MR) is 125 cm³/mol. The van der Waals surface area contributed by atoms with Gasteiger partial charge in [-0.2, -0.15) is 8.42 Å². The van der Waals surface area contributed by atoms with Crippen molar-refractivity contribution in [3.8, 4) is 17.2 Å². The molecule has 6 heteroatoms. The van der Waals surface area contributed by atoms with E-state index in [1.54, 1.807) is 12.1 Å². The van der Waals surface area contributed by atoms with Crippen LogP contribution in [0.25, 0.3) is 0 Å². The van der Waals surface area contributed by atoms with Gasteiger partial charge >= 0.3 is 0 Å². The van der Waals surface area contributed by atoms with Gasteiger partial charge in [-0.3, -0.25) is 4.55 Å². The number of para-hydroxylation sites is 1. The van der Waals surface area contributed by atoms with E-state index in [-0.39, 0.29) is 16.4 Å². The van der Waals surface area contributed by atoms with E-state index in [2.05, 4.69) is 6.92 Å². The van der Waals surface area contributed by atoms with Crippen molar-refractivity contribution in [3.63, 3.8) is 0 Å². The first-order valence-corrected chi connectivity index (χ1v) is 12.9. The van der Waals surface area contributed by atoms with E-state index >= 15 is 0 Å². The number of phenolic OH excluding ortho intramolecular Hbond substituents is 1. The van der Waals surface area contributed by atoms with Crippen molar-refractivity contribution in [2.75, 3.05) is 0 Å². The van der Waals surface area contributed by atoms with Gasteiger partial charge in [-0.1, -0.05) is 89.3 Å². The zero-order chi connectivity index (χ0) is 22.5. The Kier molecular flexibility index (Phi) is 10.9. The van der Waals surface area contributed by atoms with Crippen molar-refractivity contribution < 1.29 is 22.8 Å². The van der Waals surface area contributed by atoms with Gasteiger partial charge in [0.05, 0.1) is 4.90 Å². The molecule has 0 saturated carbocycles. The molecule has 0 aliphatic heterocycles. The van der Waals surface area contributed by atoms with Crippen LogP contribution in [0.5, 0.6) is 17.2 Å². The molecule has 0 aliphatic rings. The molecule has 0 aromatic heterocycles. The third-order valence-corrected chi connectivity index (χ3v) is 6.26. The Morgan fingerprint density at radius 2 is 1.35 bits per heavy atom. The van der Waals surface area contributed by atoms with Gasteiger partial charge in [-0.05, 0) is 31.0 Å².